The fraction of sp³-hybridized carbons (Fsp3) is 0.250. The van der Waals surface area contributed by atoms with Gasteiger partial charge in [0.25, 0.3) is 0 Å². The van der Waals surface area contributed by atoms with Gasteiger partial charge in [-0.3, -0.25) is 0 Å². The lowest BCUT2D eigenvalue weighted by molar-refractivity contribution is 0.556. The Kier molecular flexibility index (Phi) is 5.26. The number of benzene rings is 2. The van der Waals surface area contributed by atoms with E-state index in [-0.39, 0.29) is 5.02 Å². The van der Waals surface area contributed by atoms with E-state index in [1.807, 2.05) is 6.92 Å². The first-order valence-corrected chi connectivity index (χ1v) is 7.04. The molecule has 112 valence electrons. The second-order valence-electron chi connectivity index (χ2n) is 4.73. The Morgan fingerprint density at radius 1 is 1.10 bits per heavy atom. The van der Waals surface area contributed by atoms with Gasteiger partial charge in [0.1, 0.15) is 17.5 Å². The number of hydrogen-bond acceptors (Lipinski definition) is 1. The number of rotatable bonds is 5. The molecule has 0 bridgehead atoms. The zero-order chi connectivity index (χ0) is 15.4. The highest BCUT2D eigenvalue weighted by Gasteiger charge is 2.19. The van der Waals surface area contributed by atoms with Gasteiger partial charge < -0.3 is 5.32 Å². The van der Waals surface area contributed by atoms with Gasteiger partial charge in [0.2, 0.25) is 0 Å². The van der Waals surface area contributed by atoms with E-state index in [0.29, 0.717) is 17.7 Å². The van der Waals surface area contributed by atoms with Crippen LogP contribution in [0.1, 0.15) is 30.5 Å². The summed E-state index contributed by atoms with van der Waals surface area (Å²) in [5.41, 5.74) is 0.823. The van der Waals surface area contributed by atoms with Crippen LogP contribution in [0, 0.1) is 17.5 Å². The van der Waals surface area contributed by atoms with E-state index in [1.54, 1.807) is 6.07 Å². The van der Waals surface area contributed by atoms with E-state index >= 15 is 0 Å². The maximum Gasteiger partial charge on any atom is 0.142 e. The van der Waals surface area contributed by atoms with E-state index in [0.717, 1.165) is 12.5 Å². The second-order valence-corrected chi connectivity index (χ2v) is 5.11. The van der Waals surface area contributed by atoms with Crippen LogP contribution >= 0.6 is 11.6 Å². The molecule has 5 heteroatoms. The monoisotopic (exact) mass is 313 g/mol. The molecule has 0 amide bonds. The minimum absolute atomic E-state index is 0.0456. The summed E-state index contributed by atoms with van der Waals surface area (Å²) in [5, 5.41) is 3.09. The van der Waals surface area contributed by atoms with Crippen molar-refractivity contribution in [3.63, 3.8) is 0 Å². The number of nitrogens with one attached hydrogen (secondary N) is 1. The minimum Gasteiger partial charge on any atom is -0.306 e. The third-order valence-electron chi connectivity index (χ3n) is 3.11. The van der Waals surface area contributed by atoms with Crippen LogP contribution in [0.4, 0.5) is 13.2 Å². The van der Waals surface area contributed by atoms with Gasteiger partial charge in [-0.2, -0.15) is 0 Å². The van der Waals surface area contributed by atoms with Crippen molar-refractivity contribution in [1.29, 1.82) is 0 Å². The van der Waals surface area contributed by atoms with Gasteiger partial charge in [0.05, 0.1) is 11.1 Å². The maximum atomic E-state index is 13.6. The summed E-state index contributed by atoms with van der Waals surface area (Å²) in [6.07, 6.45) is 0.821. The van der Waals surface area contributed by atoms with E-state index in [9.17, 15) is 13.2 Å². The van der Waals surface area contributed by atoms with Gasteiger partial charge in [-0.1, -0.05) is 30.7 Å². The average molecular weight is 314 g/mol. The predicted molar refractivity (Wildman–Crippen MR) is 77.9 cm³/mol. The molecule has 1 atom stereocenters. The summed E-state index contributed by atoms with van der Waals surface area (Å²) in [4.78, 5) is 0. The van der Waals surface area contributed by atoms with Crippen LogP contribution in [0.25, 0.3) is 0 Å². The Morgan fingerprint density at radius 3 is 2.38 bits per heavy atom. The molecule has 0 fully saturated rings. The summed E-state index contributed by atoms with van der Waals surface area (Å²) in [6, 6.07) is 7.07. The van der Waals surface area contributed by atoms with Gasteiger partial charge in [0.15, 0.2) is 0 Å². The lowest BCUT2D eigenvalue weighted by Crippen LogP contribution is -2.24. The van der Waals surface area contributed by atoms with Gasteiger partial charge in [0, 0.05) is 6.07 Å². The molecule has 1 nitrogen and oxygen atoms in total. The van der Waals surface area contributed by atoms with E-state index < -0.39 is 23.5 Å². The van der Waals surface area contributed by atoms with Crippen LogP contribution in [0.5, 0.6) is 0 Å². The zero-order valence-corrected chi connectivity index (χ0v) is 12.2. The molecule has 1 N–H and O–H groups in total. The minimum atomic E-state index is -0.680. The smallest absolute Gasteiger partial charge is 0.142 e. The summed E-state index contributed by atoms with van der Waals surface area (Å²) in [6.45, 7) is 2.57. The Labute approximate surface area is 126 Å². The molecule has 1 unspecified atom stereocenters. The zero-order valence-electron chi connectivity index (χ0n) is 11.5. The molecule has 0 heterocycles. The quantitative estimate of drug-likeness (QED) is 0.832. The highest BCUT2D eigenvalue weighted by molar-refractivity contribution is 6.31. The molecule has 0 aliphatic carbocycles. The third kappa shape index (κ3) is 3.77. The van der Waals surface area contributed by atoms with Gasteiger partial charge in [-0.25, -0.2) is 13.2 Å². The Bertz CT molecular complexity index is 611. The van der Waals surface area contributed by atoms with Crippen LogP contribution in [-0.4, -0.2) is 6.54 Å². The summed E-state index contributed by atoms with van der Waals surface area (Å²) in [7, 11) is 0. The molecule has 0 aromatic heterocycles. The van der Waals surface area contributed by atoms with Crippen LogP contribution in [0.2, 0.25) is 5.02 Å². The van der Waals surface area contributed by atoms with Crippen molar-refractivity contribution in [2.24, 2.45) is 0 Å². The van der Waals surface area contributed by atoms with Crippen molar-refractivity contribution in [3.05, 3.63) is 70.0 Å². The molecular formula is C16H15ClF3N. The van der Waals surface area contributed by atoms with Gasteiger partial charge >= 0.3 is 0 Å². The highest BCUT2D eigenvalue weighted by Crippen LogP contribution is 2.30. The molecule has 2 aromatic rings. The van der Waals surface area contributed by atoms with E-state index in [2.05, 4.69) is 5.32 Å². The van der Waals surface area contributed by atoms with Crippen molar-refractivity contribution >= 4 is 11.6 Å². The lowest BCUT2D eigenvalue weighted by Gasteiger charge is -2.21. The lowest BCUT2D eigenvalue weighted by atomic mass is 9.98. The SMILES string of the molecule is CCCNC(c1cc(F)cc(F)c1)c1cccc(F)c1Cl. The third-order valence-corrected chi connectivity index (χ3v) is 3.51. The van der Waals surface area contributed by atoms with E-state index in [4.69, 9.17) is 11.6 Å². The maximum absolute atomic E-state index is 13.6. The summed E-state index contributed by atoms with van der Waals surface area (Å²) < 4.78 is 40.5. The van der Waals surface area contributed by atoms with Gasteiger partial charge in [-0.15, -0.1) is 0 Å². The van der Waals surface area contributed by atoms with Crippen molar-refractivity contribution in [3.8, 4) is 0 Å². The van der Waals surface area contributed by atoms with Crippen molar-refractivity contribution < 1.29 is 13.2 Å². The molecule has 2 rings (SSSR count). The fourth-order valence-electron chi connectivity index (χ4n) is 2.18. The van der Waals surface area contributed by atoms with Crippen LogP contribution in [-0.2, 0) is 0 Å². The van der Waals surface area contributed by atoms with Crippen molar-refractivity contribution in [2.45, 2.75) is 19.4 Å². The molecule has 0 spiro atoms. The van der Waals surface area contributed by atoms with E-state index in [1.165, 1.54) is 24.3 Å². The molecule has 0 saturated heterocycles. The largest absolute Gasteiger partial charge is 0.306 e. The van der Waals surface area contributed by atoms with Gasteiger partial charge in [-0.05, 0) is 42.3 Å². The first-order chi connectivity index (χ1) is 10.0. The Morgan fingerprint density at radius 2 is 1.76 bits per heavy atom. The van der Waals surface area contributed by atoms with Crippen molar-refractivity contribution in [1.82, 2.24) is 5.32 Å². The molecular weight excluding hydrogens is 299 g/mol. The molecule has 0 aliphatic rings. The first kappa shape index (κ1) is 15.9. The van der Waals surface area contributed by atoms with Crippen LogP contribution in [0.3, 0.4) is 0 Å². The number of hydrogen-bond donors (Lipinski definition) is 1. The van der Waals surface area contributed by atoms with Crippen LogP contribution in [0.15, 0.2) is 36.4 Å². The summed E-state index contributed by atoms with van der Waals surface area (Å²) >= 11 is 5.99. The topological polar surface area (TPSA) is 12.0 Å². The Balaban J connectivity index is 2.49. The first-order valence-electron chi connectivity index (χ1n) is 6.66. The molecule has 0 radical (unpaired) electrons. The normalized spacial score (nSPS) is 12.4. The summed E-state index contributed by atoms with van der Waals surface area (Å²) in [5.74, 6) is -1.92. The molecule has 21 heavy (non-hydrogen) atoms. The average Bonchev–Trinajstić information content (AvgIpc) is 2.42. The highest BCUT2D eigenvalue weighted by atomic mass is 35.5. The molecule has 0 aliphatic heterocycles. The fourth-order valence-corrected chi connectivity index (χ4v) is 2.42. The number of halogens is 4. The second kappa shape index (κ2) is 6.96. The predicted octanol–water partition coefficient (Wildman–Crippen LogP) is 4.85. The van der Waals surface area contributed by atoms with Crippen LogP contribution < -0.4 is 5.32 Å². The molecule has 0 saturated carbocycles. The molecule has 2 aromatic carbocycles. The van der Waals surface area contributed by atoms with Crippen molar-refractivity contribution in [2.75, 3.05) is 6.54 Å². The standard InChI is InChI=1S/C16H15ClF3N/c1-2-6-21-16(10-7-11(18)9-12(19)8-10)13-4-3-5-14(20)15(13)17/h3-5,7-9,16,21H,2,6H2,1H3. The Hall–Kier alpha value is -1.52.